The van der Waals surface area contributed by atoms with Crippen molar-refractivity contribution in [1.29, 1.82) is 0 Å². The Hall–Kier alpha value is -1.06. The highest BCUT2D eigenvalue weighted by molar-refractivity contribution is 5.95. The minimum absolute atomic E-state index is 0.182. The molecule has 0 heterocycles. The second-order valence-corrected chi connectivity index (χ2v) is 12.6. The number of fused-ring (bicyclic) bond motifs is 5. The van der Waals surface area contributed by atoms with E-state index >= 15 is 0 Å². The lowest BCUT2D eigenvalue weighted by molar-refractivity contribution is -0.0734. The van der Waals surface area contributed by atoms with Crippen LogP contribution in [-0.4, -0.2) is 21.8 Å². The van der Waals surface area contributed by atoms with Crippen LogP contribution in [-0.2, 0) is 0 Å². The van der Waals surface area contributed by atoms with Gasteiger partial charge in [-0.3, -0.25) is 0 Å². The van der Waals surface area contributed by atoms with Crippen molar-refractivity contribution < 1.29 is 10.4 Å². The number of oxime groups is 2. The average molecular weight is 431 g/mol. The molecule has 0 aromatic heterocycles. The maximum absolute atomic E-state index is 9.97. The third-order valence-electron chi connectivity index (χ3n) is 10.8. The van der Waals surface area contributed by atoms with Crippen LogP contribution in [0.5, 0.6) is 0 Å². The molecule has 0 aliphatic heterocycles. The zero-order chi connectivity index (χ0) is 22.4. The monoisotopic (exact) mass is 430 g/mol. The Morgan fingerprint density at radius 1 is 0.903 bits per heavy atom. The van der Waals surface area contributed by atoms with E-state index < -0.39 is 0 Å². The molecule has 0 amide bonds. The topological polar surface area (TPSA) is 65.2 Å². The van der Waals surface area contributed by atoms with Crippen molar-refractivity contribution in [2.24, 2.45) is 62.6 Å². The van der Waals surface area contributed by atoms with Crippen LogP contribution in [0.2, 0.25) is 0 Å². The zero-order valence-electron chi connectivity index (χ0n) is 20.6. The maximum Gasteiger partial charge on any atom is 0.0613 e. The van der Waals surface area contributed by atoms with Gasteiger partial charge in [0.1, 0.15) is 0 Å². The number of hydrogen-bond acceptors (Lipinski definition) is 4. The molecule has 0 radical (unpaired) electrons. The smallest absolute Gasteiger partial charge is 0.0613 e. The van der Waals surface area contributed by atoms with Crippen LogP contribution < -0.4 is 0 Å². The first kappa shape index (κ1) is 23.1. The molecule has 4 nitrogen and oxygen atoms in total. The molecule has 176 valence electrons. The zero-order valence-corrected chi connectivity index (χ0v) is 20.6. The average Bonchev–Trinajstić information content (AvgIpc) is 3.09. The van der Waals surface area contributed by atoms with Crippen LogP contribution in [0.3, 0.4) is 0 Å². The standard InChI is InChI=1S/C27H46N2O2/c1-17(2)7-6-8-18(3)21-9-10-22-20-16-25(29-31)24-15-19(28-30)11-13-27(24,5)23(20)12-14-26(21,22)4/h17-18,20-24,30-31H,6-16H2,1-5H3/b28-19+,29-25+/t18-,20?,21?,22?,23?,24-,26?,27?/m1/s1. The second-order valence-electron chi connectivity index (χ2n) is 12.6. The van der Waals surface area contributed by atoms with Crippen molar-refractivity contribution >= 4 is 11.4 Å². The fraction of sp³-hybridized carbons (Fsp3) is 0.926. The third kappa shape index (κ3) is 3.84. The highest BCUT2D eigenvalue weighted by atomic mass is 16.4. The number of hydrogen-bond donors (Lipinski definition) is 2. The predicted molar refractivity (Wildman–Crippen MR) is 127 cm³/mol. The van der Waals surface area contributed by atoms with Gasteiger partial charge >= 0.3 is 0 Å². The van der Waals surface area contributed by atoms with Gasteiger partial charge in [-0.1, -0.05) is 64.2 Å². The number of nitrogens with zero attached hydrogens (tertiary/aromatic N) is 2. The highest BCUT2D eigenvalue weighted by Crippen LogP contribution is 2.67. The Labute approximate surface area is 189 Å². The van der Waals surface area contributed by atoms with Crippen molar-refractivity contribution in [2.45, 2.75) is 105 Å². The van der Waals surface area contributed by atoms with Gasteiger partial charge in [0.05, 0.1) is 11.4 Å². The highest BCUT2D eigenvalue weighted by Gasteiger charge is 2.62. The molecule has 6 unspecified atom stereocenters. The molecular weight excluding hydrogens is 384 g/mol. The molecule has 4 fully saturated rings. The number of rotatable bonds is 5. The van der Waals surface area contributed by atoms with Crippen LogP contribution >= 0.6 is 0 Å². The third-order valence-corrected chi connectivity index (χ3v) is 10.8. The van der Waals surface area contributed by atoms with E-state index in [1.54, 1.807) is 0 Å². The van der Waals surface area contributed by atoms with E-state index in [4.69, 9.17) is 0 Å². The fourth-order valence-corrected chi connectivity index (χ4v) is 9.10. The van der Waals surface area contributed by atoms with Crippen molar-refractivity contribution in [1.82, 2.24) is 0 Å². The first-order valence-electron chi connectivity index (χ1n) is 13.1. The van der Waals surface area contributed by atoms with E-state index in [0.717, 1.165) is 66.7 Å². The summed E-state index contributed by atoms with van der Waals surface area (Å²) in [6.07, 6.45) is 13.2. The lowest BCUT2D eigenvalue weighted by atomic mass is 9.44. The van der Waals surface area contributed by atoms with Gasteiger partial charge in [-0.25, -0.2) is 0 Å². The summed E-state index contributed by atoms with van der Waals surface area (Å²) in [6.45, 7) is 12.3. The predicted octanol–water partition coefficient (Wildman–Crippen LogP) is 7.38. The Morgan fingerprint density at radius 2 is 1.65 bits per heavy atom. The minimum atomic E-state index is 0.182. The Balaban J connectivity index is 1.54. The SMILES string of the molecule is CC(C)CCC[C@@H](C)C1CCC2C3C/C(=N\O)[C@H]4C/C(=N/O)CCC4(C)C3CCC21C. The normalized spacial score (nSPS) is 46.1. The Morgan fingerprint density at radius 3 is 2.32 bits per heavy atom. The lowest BCUT2D eigenvalue weighted by Crippen LogP contribution is -2.56. The van der Waals surface area contributed by atoms with Gasteiger partial charge < -0.3 is 10.4 Å². The van der Waals surface area contributed by atoms with Crippen LogP contribution in [0.25, 0.3) is 0 Å². The molecule has 0 aromatic rings. The van der Waals surface area contributed by atoms with Crippen LogP contribution in [0.4, 0.5) is 0 Å². The van der Waals surface area contributed by atoms with Gasteiger partial charge in [0.15, 0.2) is 0 Å². The van der Waals surface area contributed by atoms with E-state index in [-0.39, 0.29) is 11.3 Å². The molecule has 0 spiro atoms. The summed E-state index contributed by atoms with van der Waals surface area (Å²) in [5.41, 5.74) is 2.51. The summed E-state index contributed by atoms with van der Waals surface area (Å²) in [7, 11) is 0. The second kappa shape index (κ2) is 8.71. The first-order valence-corrected chi connectivity index (χ1v) is 13.1. The molecule has 0 aromatic carbocycles. The summed E-state index contributed by atoms with van der Waals surface area (Å²) < 4.78 is 0. The Kier molecular flexibility index (Phi) is 6.49. The quantitative estimate of drug-likeness (QED) is 0.353. The summed E-state index contributed by atoms with van der Waals surface area (Å²) in [5, 5.41) is 26.8. The molecule has 4 rings (SSSR count). The Bertz CT molecular complexity index is 716. The van der Waals surface area contributed by atoms with Crippen molar-refractivity contribution in [3.8, 4) is 0 Å². The van der Waals surface area contributed by atoms with Gasteiger partial charge in [0.25, 0.3) is 0 Å². The molecule has 4 aliphatic carbocycles. The summed E-state index contributed by atoms with van der Waals surface area (Å²) in [5.74, 6) is 4.88. The molecule has 0 saturated heterocycles. The fourth-order valence-electron chi connectivity index (χ4n) is 9.10. The molecule has 4 saturated carbocycles. The molecule has 4 heteroatoms. The van der Waals surface area contributed by atoms with Crippen LogP contribution in [0.1, 0.15) is 105 Å². The van der Waals surface area contributed by atoms with Crippen molar-refractivity contribution in [3.05, 3.63) is 0 Å². The summed E-state index contributed by atoms with van der Waals surface area (Å²) >= 11 is 0. The maximum atomic E-state index is 9.97. The molecule has 31 heavy (non-hydrogen) atoms. The lowest BCUT2D eigenvalue weighted by Gasteiger charge is -2.60. The van der Waals surface area contributed by atoms with Gasteiger partial charge in [-0.2, -0.15) is 0 Å². The summed E-state index contributed by atoms with van der Waals surface area (Å²) in [6, 6.07) is 0. The van der Waals surface area contributed by atoms with Crippen molar-refractivity contribution in [2.75, 3.05) is 0 Å². The van der Waals surface area contributed by atoms with Gasteiger partial charge in [-0.15, -0.1) is 0 Å². The minimum Gasteiger partial charge on any atom is -0.411 e. The van der Waals surface area contributed by atoms with E-state index in [1.165, 1.54) is 44.9 Å². The van der Waals surface area contributed by atoms with E-state index in [9.17, 15) is 10.4 Å². The van der Waals surface area contributed by atoms with Gasteiger partial charge in [-0.05, 0) is 97.7 Å². The molecule has 8 atom stereocenters. The van der Waals surface area contributed by atoms with Crippen LogP contribution in [0, 0.1) is 52.3 Å². The molecule has 2 N–H and O–H groups in total. The van der Waals surface area contributed by atoms with E-state index in [0.29, 0.717) is 11.3 Å². The molecular formula is C27H46N2O2. The van der Waals surface area contributed by atoms with E-state index in [1.807, 2.05) is 0 Å². The largest absolute Gasteiger partial charge is 0.411 e. The first-order chi connectivity index (χ1) is 14.7. The van der Waals surface area contributed by atoms with Crippen LogP contribution in [0.15, 0.2) is 10.3 Å². The molecule has 4 aliphatic rings. The van der Waals surface area contributed by atoms with E-state index in [2.05, 4.69) is 44.9 Å². The van der Waals surface area contributed by atoms with Crippen molar-refractivity contribution in [3.63, 3.8) is 0 Å². The molecule has 0 bridgehead atoms. The van der Waals surface area contributed by atoms with Gasteiger partial charge in [0.2, 0.25) is 0 Å². The summed E-state index contributed by atoms with van der Waals surface area (Å²) in [4.78, 5) is 0. The van der Waals surface area contributed by atoms with Gasteiger partial charge in [0, 0.05) is 5.92 Å².